The third kappa shape index (κ3) is 4.80. The van der Waals surface area contributed by atoms with Crippen LogP contribution in [-0.2, 0) is 0 Å². The van der Waals surface area contributed by atoms with Crippen molar-refractivity contribution < 1.29 is 5.11 Å². The minimum Gasteiger partial charge on any atom is -0.394 e. The van der Waals surface area contributed by atoms with Gasteiger partial charge < -0.3 is 16.2 Å². The van der Waals surface area contributed by atoms with Crippen molar-refractivity contribution in [2.45, 2.75) is 13.8 Å². The Bertz CT molecular complexity index is 366. The van der Waals surface area contributed by atoms with Gasteiger partial charge in [-0.05, 0) is 37.1 Å². The second-order valence-electron chi connectivity index (χ2n) is 3.41. The Kier molecular flexibility index (Phi) is 7.07. The van der Waals surface area contributed by atoms with Crippen LogP contribution in [0, 0.1) is 13.8 Å². The van der Waals surface area contributed by atoms with E-state index in [0.717, 1.165) is 5.69 Å². The van der Waals surface area contributed by atoms with Crippen LogP contribution in [0.25, 0.3) is 0 Å². The molecule has 1 aromatic rings. The Morgan fingerprint density at radius 3 is 2.62 bits per heavy atom. The fraction of sp³-hybridized carbons (Fsp3) is 0.364. The highest BCUT2D eigenvalue weighted by atomic mass is 127. The average molecular weight is 335 g/mol. The molecule has 0 aliphatic carbocycles. The zero-order valence-corrected chi connectivity index (χ0v) is 11.9. The number of hydrogen-bond acceptors (Lipinski definition) is 2. The molecule has 0 fully saturated rings. The van der Waals surface area contributed by atoms with Gasteiger partial charge in [-0.2, -0.15) is 0 Å². The van der Waals surface area contributed by atoms with Crippen molar-refractivity contribution in [1.82, 2.24) is 0 Å². The van der Waals surface area contributed by atoms with Gasteiger partial charge in [-0.15, -0.1) is 24.0 Å². The van der Waals surface area contributed by atoms with Crippen molar-refractivity contribution in [3.8, 4) is 0 Å². The van der Waals surface area contributed by atoms with Gasteiger partial charge in [0.15, 0.2) is 5.96 Å². The first-order valence-corrected chi connectivity index (χ1v) is 4.88. The molecule has 0 heterocycles. The lowest BCUT2D eigenvalue weighted by molar-refractivity contribution is 0.307. The number of halogens is 1. The lowest BCUT2D eigenvalue weighted by Gasteiger charge is -2.07. The van der Waals surface area contributed by atoms with E-state index in [4.69, 9.17) is 10.8 Å². The number of rotatable bonds is 3. The van der Waals surface area contributed by atoms with Crippen LogP contribution in [-0.4, -0.2) is 24.2 Å². The van der Waals surface area contributed by atoms with E-state index in [1.165, 1.54) is 11.1 Å². The second kappa shape index (κ2) is 7.45. The first kappa shape index (κ1) is 15.2. The standard InChI is InChI=1S/C11H17N3O.HI/c1-8-3-4-10(7-9(8)2)14-11(12)13-5-6-15;/h3-4,7,15H,5-6H2,1-2H3,(H3,12,13,14);1H. The number of guanidine groups is 1. The first-order chi connectivity index (χ1) is 7.13. The largest absolute Gasteiger partial charge is 0.394 e. The van der Waals surface area contributed by atoms with Gasteiger partial charge in [0.1, 0.15) is 0 Å². The van der Waals surface area contributed by atoms with Crippen LogP contribution in [0.3, 0.4) is 0 Å². The summed E-state index contributed by atoms with van der Waals surface area (Å²) in [4.78, 5) is 3.92. The molecule has 0 aromatic heterocycles. The van der Waals surface area contributed by atoms with Crippen molar-refractivity contribution >= 4 is 35.6 Å². The van der Waals surface area contributed by atoms with Crippen LogP contribution in [0.5, 0.6) is 0 Å². The Labute approximate surface area is 113 Å². The summed E-state index contributed by atoms with van der Waals surface area (Å²) >= 11 is 0. The minimum absolute atomic E-state index is 0. The highest BCUT2D eigenvalue weighted by Gasteiger charge is 1.97. The normalized spacial score (nSPS) is 10.8. The summed E-state index contributed by atoms with van der Waals surface area (Å²) < 4.78 is 0. The van der Waals surface area contributed by atoms with Gasteiger partial charge in [0.2, 0.25) is 0 Å². The fourth-order valence-electron chi connectivity index (χ4n) is 1.18. The summed E-state index contributed by atoms with van der Waals surface area (Å²) in [5, 5.41) is 11.5. The molecule has 0 aliphatic rings. The Hall–Kier alpha value is -0.820. The highest BCUT2D eigenvalue weighted by molar-refractivity contribution is 14.0. The van der Waals surface area contributed by atoms with Crippen LogP contribution < -0.4 is 11.1 Å². The van der Waals surface area contributed by atoms with Crippen LogP contribution in [0.2, 0.25) is 0 Å². The molecule has 0 radical (unpaired) electrons. The van der Waals surface area contributed by atoms with E-state index in [9.17, 15) is 0 Å². The van der Waals surface area contributed by atoms with Gasteiger partial charge in [0, 0.05) is 5.69 Å². The molecule has 16 heavy (non-hydrogen) atoms. The average Bonchev–Trinajstić information content (AvgIpc) is 2.20. The topological polar surface area (TPSA) is 70.6 Å². The number of nitrogens with two attached hydrogens (primary N) is 1. The number of benzene rings is 1. The number of nitrogens with one attached hydrogen (secondary N) is 1. The molecule has 4 nitrogen and oxygen atoms in total. The highest BCUT2D eigenvalue weighted by Crippen LogP contribution is 2.13. The molecule has 0 saturated heterocycles. The number of nitrogens with zero attached hydrogens (tertiary/aromatic N) is 1. The predicted octanol–water partition coefficient (Wildman–Crippen LogP) is 1.64. The van der Waals surface area contributed by atoms with E-state index >= 15 is 0 Å². The monoisotopic (exact) mass is 335 g/mol. The molecule has 0 bridgehead atoms. The third-order valence-electron chi connectivity index (χ3n) is 2.16. The molecule has 0 aliphatic heterocycles. The van der Waals surface area contributed by atoms with Gasteiger partial charge in [-0.1, -0.05) is 6.07 Å². The van der Waals surface area contributed by atoms with Crippen molar-refractivity contribution in [2.75, 3.05) is 18.5 Å². The SMILES string of the molecule is Cc1ccc(NC(N)=NCCO)cc1C.I. The molecule has 90 valence electrons. The molecule has 5 heteroatoms. The van der Waals surface area contributed by atoms with Gasteiger partial charge >= 0.3 is 0 Å². The molecule has 0 spiro atoms. The lowest BCUT2D eigenvalue weighted by Crippen LogP contribution is -2.23. The smallest absolute Gasteiger partial charge is 0.193 e. The van der Waals surface area contributed by atoms with E-state index in [1.807, 2.05) is 25.1 Å². The number of aliphatic imine (C=N–C) groups is 1. The quantitative estimate of drug-likeness (QED) is 0.447. The molecule has 0 unspecified atom stereocenters. The van der Waals surface area contributed by atoms with E-state index in [0.29, 0.717) is 12.5 Å². The van der Waals surface area contributed by atoms with Gasteiger partial charge in [-0.3, -0.25) is 4.99 Å². The number of aliphatic hydroxyl groups is 1. The number of aliphatic hydroxyl groups excluding tert-OH is 1. The second-order valence-corrected chi connectivity index (χ2v) is 3.41. The van der Waals surface area contributed by atoms with Crippen molar-refractivity contribution in [3.63, 3.8) is 0 Å². The summed E-state index contributed by atoms with van der Waals surface area (Å²) in [6, 6.07) is 5.98. The number of hydrogen-bond donors (Lipinski definition) is 3. The third-order valence-corrected chi connectivity index (χ3v) is 2.16. The Morgan fingerprint density at radius 2 is 2.06 bits per heavy atom. The van der Waals surface area contributed by atoms with E-state index in [2.05, 4.69) is 17.2 Å². The number of anilines is 1. The maximum Gasteiger partial charge on any atom is 0.193 e. The van der Waals surface area contributed by atoms with Crippen molar-refractivity contribution in [2.24, 2.45) is 10.7 Å². The van der Waals surface area contributed by atoms with Crippen LogP contribution in [0.1, 0.15) is 11.1 Å². The van der Waals surface area contributed by atoms with Crippen LogP contribution in [0.15, 0.2) is 23.2 Å². The van der Waals surface area contributed by atoms with Gasteiger partial charge in [0.25, 0.3) is 0 Å². The van der Waals surface area contributed by atoms with E-state index in [-0.39, 0.29) is 30.6 Å². The minimum atomic E-state index is 0. The van der Waals surface area contributed by atoms with Gasteiger partial charge in [0.05, 0.1) is 13.2 Å². The van der Waals surface area contributed by atoms with Crippen LogP contribution in [0.4, 0.5) is 5.69 Å². The molecule has 0 amide bonds. The zero-order valence-electron chi connectivity index (χ0n) is 9.53. The summed E-state index contributed by atoms with van der Waals surface area (Å²) in [6.07, 6.45) is 0. The fourth-order valence-corrected chi connectivity index (χ4v) is 1.18. The lowest BCUT2D eigenvalue weighted by atomic mass is 10.1. The predicted molar refractivity (Wildman–Crippen MR) is 78.5 cm³/mol. The molecule has 1 rings (SSSR count). The maximum atomic E-state index is 8.57. The van der Waals surface area contributed by atoms with Crippen LogP contribution >= 0.6 is 24.0 Å². The molecular formula is C11H18IN3O. The molecule has 4 N–H and O–H groups in total. The van der Waals surface area contributed by atoms with Crippen molar-refractivity contribution in [1.29, 1.82) is 0 Å². The Balaban J connectivity index is 0.00000225. The number of aryl methyl sites for hydroxylation is 2. The molecule has 0 atom stereocenters. The maximum absolute atomic E-state index is 8.57. The van der Waals surface area contributed by atoms with Crippen molar-refractivity contribution in [3.05, 3.63) is 29.3 Å². The Morgan fingerprint density at radius 1 is 1.38 bits per heavy atom. The zero-order chi connectivity index (χ0) is 11.3. The van der Waals surface area contributed by atoms with E-state index in [1.54, 1.807) is 0 Å². The molecule has 1 aromatic carbocycles. The van der Waals surface area contributed by atoms with Gasteiger partial charge in [-0.25, -0.2) is 0 Å². The molecule has 0 saturated carbocycles. The summed E-state index contributed by atoms with van der Waals surface area (Å²) in [5.41, 5.74) is 8.97. The first-order valence-electron chi connectivity index (χ1n) is 4.88. The summed E-state index contributed by atoms with van der Waals surface area (Å²) in [6.45, 7) is 4.43. The van der Waals surface area contributed by atoms with E-state index < -0.39 is 0 Å². The summed E-state index contributed by atoms with van der Waals surface area (Å²) in [7, 11) is 0. The molecular weight excluding hydrogens is 317 g/mol. The summed E-state index contributed by atoms with van der Waals surface area (Å²) in [5.74, 6) is 0.326.